The van der Waals surface area contributed by atoms with Crippen molar-refractivity contribution < 1.29 is 19.4 Å². The first-order valence-corrected chi connectivity index (χ1v) is 12.5. The van der Waals surface area contributed by atoms with Crippen molar-refractivity contribution in [2.24, 2.45) is 5.92 Å². The third-order valence-electron chi connectivity index (χ3n) is 6.29. The number of carbonyl (C=O) groups is 1. The largest absolute Gasteiger partial charge is 0.488 e. The third kappa shape index (κ3) is 4.88. The van der Waals surface area contributed by atoms with Gasteiger partial charge in [-0.15, -0.1) is 11.3 Å². The van der Waals surface area contributed by atoms with Crippen LogP contribution in [0.5, 0.6) is 11.5 Å². The predicted octanol–water partition coefficient (Wildman–Crippen LogP) is 5.91. The van der Waals surface area contributed by atoms with Crippen molar-refractivity contribution in [1.82, 2.24) is 4.90 Å². The molecule has 2 aliphatic rings. The van der Waals surface area contributed by atoms with Crippen LogP contribution in [0, 0.1) is 5.92 Å². The van der Waals surface area contributed by atoms with E-state index in [2.05, 4.69) is 55.2 Å². The van der Waals surface area contributed by atoms with E-state index >= 15 is 0 Å². The van der Waals surface area contributed by atoms with E-state index in [1.165, 1.54) is 26.5 Å². The Hall–Kier alpha value is -3.09. The minimum Gasteiger partial charge on any atom is -0.488 e. The molecule has 0 spiro atoms. The van der Waals surface area contributed by atoms with E-state index in [-0.39, 0.29) is 5.92 Å². The van der Waals surface area contributed by atoms with E-state index in [0.717, 1.165) is 23.6 Å². The van der Waals surface area contributed by atoms with Gasteiger partial charge in [0.25, 0.3) is 0 Å². The lowest BCUT2D eigenvalue weighted by Crippen LogP contribution is -2.51. The first-order valence-electron chi connectivity index (χ1n) is 11.7. The molecule has 34 heavy (non-hydrogen) atoms. The van der Waals surface area contributed by atoms with Gasteiger partial charge in [-0.3, -0.25) is 9.69 Å². The van der Waals surface area contributed by atoms with Gasteiger partial charge in [0, 0.05) is 41.0 Å². The zero-order valence-electron chi connectivity index (χ0n) is 19.5. The molecule has 0 amide bonds. The molecular formula is C28H29NO4S. The number of carboxylic acid groups (broad SMARTS) is 1. The Bertz CT molecular complexity index is 1210. The van der Waals surface area contributed by atoms with Crippen molar-refractivity contribution in [1.29, 1.82) is 0 Å². The third-order valence-corrected chi connectivity index (χ3v) is 7.70. The second kappa shape index (κ2) is 9.65. The molecule has 0 aliphatic carbocycles. The monoisotopic (exact) mass is 475 g/mol. The Morgan fingerprint density at radius 2 is 1.97 bits per heavy atom. The highest BCUT2D eigenvalue weighted by atomic mass is 32.1. The Balaban J connectivity index is 1.23. The van der Waals surface area contributed by atoms with Gasteiger partial charge >= 0.3 is 5.97 Å². The highest BCUT2D eigenvalue weighted by molar-refractivity contribution is 7.12. The molecule has 2 aromatic carbocycles. The maximum absolute atomic E-state index is 11.0. The standard InChI is InChI=1S/C28H29NO4S/c1-18(2)27-25(20-6-4-3-5-7-20)12-24(34-27)17-32-23-9-8-21-10-19(16-33-26(21)11-23)13-29-14-22(15-29)28(30)31/h3-12,18,22H,13-17H2,1-2H3,(H,30,31). The maximum Gasteiger partial charge on any atom is 0.309 e. The molecule has 0 radical (unpaired) electrons. The van der Waals surface area contributed by atoms with Crippen LogP contribution in [-0.4, -0.2) is 42.2 Å². The lowest BCUT2D eigenvalue weighted by molar-refractivity contribution is -0.147. The molecule has 2 aliphatic heterocycles. The SMILES string of the molecule is CC(C)c1sc(COc2ccc3c(c2)OCC(CN2CC(C(=O)O)C2)=C3)cc1-c1ccccc1. The zero-order valence-corrected chi connectivity index (χ0v) is 20.3. The van der Waals surface area contributed by atoms with Crippen LogP contribution in [0.1, 0.15) is 35.1 Å². The molecule has 1 N–H and O–H groups in total. The number of carboxylic acids is 1. The fourth-order valence-corrected chi connectivity index (χ4v) is 5.57. The smallest absolute Gasteiger partial charge is 0.309 e. The average Bonchev–Trinajstić information content (AvgIpc) is 3.25. The summed E-state index contributed by atoms with van der Waals surface area (Å²) >= 11 is 1.82. The molecule has 3 aromatic rings. The van der Waals surface area contributed by atoms with E-state index in [1.807, 2.05) is 35.6 Å². The molecule has 0 bridgehead atoms. The quantitative estimate of drug-likeness (QED) is 0.439. The molecule has 5 rings (SSSR count). The van der Waals surface area contributed by atoms with Gasteiger partial charge in [0.15, 0.2) is 0 Å². The van der Waals surface area contributed by atoms with Crippen molar-refractivity contribution >= 4 is 23.4 Å². The molecule has 6 heteroatoms. The van der Waals surface area contributed by atoms with Gasteiger partial charge in [-0.2, -0.15) is 0 Å². The summed E-state index contributed by atoms with van der Waals surface area (Å²) in [5.74, 6) is 1.14. The van der Waals surface area contributed by atoms with Crippen molar-refractivity contribution in [3.05, 3.63) is 75.5 Å². The fraction of sp³-hybridized carbons (Fsp3) is 0.321. The minimum absolute atomic E-state index is 0.235. The summed E-state index contributed by atoms with van der Waals surface area (Å²) in [5, 5.41) is 9.04. The number of nitrogens with zero attached hydrogens (tertiary/aromatic N) is 1. The number of aliphatic carboxylic acids is 1. The summed E-state index contributed by atoms with van der Waals surface area (Å²) < 4.78 is 12.1. The summed E-state index contributed by atoms with van der Waals surface area (Å²) in [6.45, 7) is 7.49. The highest BCUT2D eigenvalue weighted by Crippen LogP contribution is 2.37. The van der Waals surface area contributed by atoms with E-state index < -0.39 is 5.97 Å². The van der Waals surface area contributed by atoms with Crippen LogP contribution in [0.2, 0.25) is 0 Å². The van der Waals surface area contributed by atoms with Gasteiger partial charge in [-0.25, -0.2) is 0 Å². The second-order valence-corrected chi connectivity index (χ2v) is 10.5. The Kier molecular flexibility index (Phi) is 6.44. The minimum atomic E-state index is -0.706. The average molecular weight is 476 g/mol. The topological polar surface area (TPSA) is 59.0 Å². The summed E-state index contributed by atoms with van der Waals surface area (Å²) in [4.78, 5) is 15.7. The molecule has 3 heterocycles. The van der Waals surface area contributed by atoms with Gasteiger partial charge in [0.05, 0.1) is 5.92 Å². The van der Waals surface area contributed by atoms with Crippen molar-refractivity contribution in [2.45, 2.75) is 26.4 Å². The zero-order chi connectivity index (χ0) is 23.7. The summed E-state index contributed by atoms with van der Waals surface area (Å²) in [6, 6.07) is 18.8. The number of ether oxygens (including phenoxy) is 2. The van der Waals surface area contributed by atoms with Crippen LogP contribution in [-0.2, 0) is 11.4 Å². The Morgan fingerprint density at radius 3 is 2.71 bits per heavy atom. The number of likely N-dealkylation sites (tertiary alicyclic amines) is 1. The maximum atomic E-state index is 11.0. The number of rotatable bonds is 8. The van der Waals surface area contributed by atoms with Crippen LogP contribution in [0.25, 0.3) is 17.2 Å². The van der Waals surface area contributed by atoms with Crippen LogP contribution in [0.4, 0.5) is 0 Å². The molecular weight excluding hydrogens is 446 g/mol. The summed E-state index contributed by atoms with van der Waals surface area (Å²) in [7, 11) is 0. The fourth-order valence-electron chi connectivity index (χ4n) is 4.47. The number of hydrogen-bond acceptors (Lipinski definition) is 5. The number of hydrogen-bond donors (Lipinski definition) is 1. The molecule has 0 atom stereocenters. The van der Waals surface area contributed by atoms with E-state index in [9.17, 15) is 4.79 Å². The second-order valence-electron chi connectivity index (χ2n) is 9.32. The van der Waals surface area contributed by atoms with Gasteiger partial charge in [-0.1, -0.05) is 44.2 Å². The van der Waals surface area contributed by atoms with Crippen LogP contribution >= 0.6 is 11.3 Å². The van der Waals surface area contributed by atoms with Crippen LogP contribution in [0.15, 0.2) is 60.2 Å². The molecule has 0 unspecified atom stereocenters. The highest BCUT2D eigenvalue weighted by Gasteiger charge is 2.32. The van der Waals surface area contributed by atoms with Crippen LogP contribution < -0.4 is 9.47 Å². The predicted molar refractivity (Wildman–Crippen MR) is 136 cm³/mol. The van der Waals surface area contributed by atoms with Gasteiger partial charge in [0.1, 0.15) is 24.7 Å². The van der Waals surface area contributed by atoms with Crippen LogP contribution in [0.3, 0.4) is 0 Å². The van der Waals surface area contributed by atoms with E-state index in [0.29, 0.717) is 32.2 Å². The van der Waals surface area contributed by atoms with E-state index in [4.69, 9.17) is 14.6 Å². The van der Waals surface area contributed by atoms with Gasteiger partial charge < -0.3 is 14.6 Å². The molecule has 5 nitrogen and oxygen atoms in total. The summed E-state index contributed by atoms with van der Waals surface area (Å²) in [6.07, 6.45) is 2.15. The lowest BCUT2D eigenvalue weighted by Gasteiger charge is -2.37. The molecule has 1 fully saturated rings. The molecule has 1 saturated heterocycles. The lowest BCUT2D eigenvalue weighted by atomic mass is 9.98. The number of benzene rings is 2. The van der Waals surface area contributed by atoms with E-state index in [1.54, 1.807) is 0 Å². The Labute approximate surface area is 204 Å². The van der Waals surface area contributed by atoms with Gasteiger partial charge in [-0.05, 0) is 46.9 Å². The molecule has 176 valence electrons. The van der Waals surface area contributed by atoms with Crippen molar-refractivity contribution in [3.63, 3.8) is 0 Å². The first-order chi connectivity index (χ1) is 16.5. The number of fused-ring (bicyclic) bond motifs is 1. The van der Waals surface area contributed by atoms with Gasteiger partial charge in [0.2, 0.25) is 0 Å². The summed E-state index contributed by atoms with van der Waals surface area (Å²) in [5.41, 5.74) is 4.74. The first kappa shape index (κ1) is 22.7. The number of thiophene rings is 1. The Morgan fingerprint density at radius 1 is 1.18 bits per heavy atom. The van der Waals surface area contributed by atoms with Crippen molar-refractivity contribution in [2.75, 3.05) is 26.2 Å². The normalized spacial score (nSPS) is 15.9. The van der Waals surface area contributed by atoms with Crippen molar-refractivity contribution in [3.8, 4) is 22.6 Å². The molecule has 1 aromatic heterocycles. The molecule has 0 saturated carbocycles.